The third-order valence-electron chi connectivity index (χ3n) is 4.01. The van der Waals surface area contributed by atoms with E-state index in [0.717, 1.165) is 37.1 Å². The fourth-order valence-corrected chi connectivity index (χ4v) is 2.98. The summed E-state index contributed by atoms with van der Waals surface area (Å²) in [5, 5.41) is 0. The fraction of sp³-hybridized carbons (Fsp3) is 0.500. The third-order valence-corrected chi connectivity index (χ3v) is 4.01. The highest BCUT2D eigenvalue weighted by molar-refractivity contribution is 6.03. The number of carbonyl (C=O) groups excluding carboxylic acids is 1. The summed E-state index contributed by atoms with van der Waals surface area (Å²) in [7, 11) is 2.13. The minimum Gasteiger partial charge on any atom is -0.306 e. The van der Waals surface area contributed by atoms with Crippen LogP contribution >= 0.6 is 0 Å². The van der Waals surface area contributed by atoms with Gasteiger partial charge in [-0.25, -0.2) is 0 Å². The molecule has 0 atom stereocenters. The predicted molar refractivity (Wildman–Crippen MR) is 66.2 cm³/mol. The number of hydrogen-bond acceptors (Lipinski definition) is 2. The van der Waals surface area contributed by atoms with Crippen LogP contribution in [0.3, 0.4) is 0 Å². The largest absolute Gasteiger partial charge is 0.306 e. The first kappa shape index (κ1) is 11.3. The van der Waals surface area contributed by atoms with Gasteiger partial charge in [-0.3, -0.25) is 4.79 Å². The van der Waals surface area contributed by atoms with Gasteiger partial charge in [0.1, 0.15) is 0 Å². The number of nitrogens with zero attached hydrogens (tertiary/aromatic N) is 1. The highest BCUT2D eigenvalue weighted by Crippen LogP contribution is 2.49. The Morgan fingerprint density at radius 2 is 1.88 bits per heavy atom. The normalized spacial score (nSPS) is 25.2. The standard InChI is InChI=1S/C14H19NO/c1-4-11-12(5-2)14(10-13(11)16)6-8-15(3)9-7-14/h4-5H,1-2,6-10H2,3H3. The van der Waals surface area contributed by atoms with E-state index >= 15 is 0 Å². The van der Waals surface area contributed by atoms with E-state index in [2.05, 4.69) is 25.1 Å². The van der Waals surface area contributed by atoms with Crippen LogP contribution in [0, 0.1) is 5.41 Å². The Balaban J connectivity index is 2.36. The highest BCUT2D eigenvalue weighted by Gasteiger charge is 2.44. The summed E-state index contributed by atoms with van der Waals surface area (Å²) in [5.74, 6) is 0.245. The Morgan fingerprint density at radius 1 is 1.25 bits per heavy atom. The zero-order valence-electron chi connectivity index (χ0n) is 9.96. The number of piperidine rings is 1. The third kappa shape index (κ3) is 1.57. The van der Waals surface area contributed by atoms with Crippen LogP contribution in [0.25, 0.3) is 0 Å². The van der Waals surface area contributed by atoms with Crippen molar-refractivity contribution in [3.8, 4) is 0 Å². The van der Waals surface area contributed by atoms with Crippen LogP contribution in [0.1, 0.15) is 19.3 Å². The van der Waals surface area contributed by atoms with Crippen LogP contribution in [-0.4, -0.2) is 30.8 Å². The van der Waals surface area contributed by atoms with Gasteiger partial charge >= 0.3 is 0 Å². The molecule has 0 N–H and O–H groups in total. The minimum atomic E-state index is 0.0644. The van der Waals surface area contributed by atoms with Gasteiger partial charge in [0.15, 0.2) is 5.78 Å². The summed E-state index contributed by atoms with van der Waals surface area (Å²) < 4.78 is 0. The Labute approximate surface area is 97.3 Å². The summed E-state index contributed by atoms with van der Waals surface area (Å²) in [5.41, 5.74) is 2.01. The Morgan fingerprint density at radius 3 is 2.38 bits per heavy atom. The molecule has 0 amide bonds. The molecule has 1 fully saturated rings. The van der Waals surface area contributed by atoms with Gasteiger partial charge in [-0.15, -0.1) is 0 Å². The summed E-state index contributed by atoms with van der Waals surface area (Å²) >= 11 is 0. The first-order valence-electron chi connectivity index (χ1n) is 5.84. The van der Waals surface area contributed by atoms with Gasteiger partial charge in [-0.2, -0.15) is 0 Å². The van der Waals surface area contributed by atoms with E-state index in [4.69, 9.17) is 0 Å². The average molecular weight is 217 g/mol. The molecule has 1 aliphatic heterocycles. The molecule has 86 valence electrons. The highest BCUT2D eigenvalue weighted by atomic mass is 16.1. The number of likely N-dealkylation sites (tertiary alicyclic amines) is 1. The second-order valence-corrected chi connectivity index (χ2v) is 4.92. The number of allylic oxidation sites excluding steroid dienone is 4. The van der Waals surface area contributed by atoms with Gasteiger partial charge in [-0.05, 0) is 38.6 Å². The SMILES string of the molecule is C=CC1=C(C=C)C2(CCN(C)CC2)CC1=O. The van der Waals surface area contributed by atoms with Crippen LogP contribution < -0.4 is 0 Å². The molecule has 2 heteroatoms. The minimum absolute atomic E-state index is 0.0644. The number of carbonyl (C=O) groups is 1. The molecule has 2 aliphatic rings. The molecule has 2 rings (SSSR count). The van der Waals surface area contributed by atoms with Crippen LogP contribution in [0.2, 0.25) is 0 Å². The van der Waals surface area contributed by atoms with E-state index in [-0.39, 0.29) is 11.2 Å². The molecule has 0 aromatic rings. The van der Waals surface area contributed by atoms with Crippen molar-refractivity contribution in [2.75, 3.05) is 20.1 Å². The lowest BCUT2D eigenvalue weighted by Gasteiger charge is -2.38. The molecule has 0 saturated carbocycles. The zero-order valence-corrected chi connectivity index (χ0v) is 9.96. The van der Waals surface area contributed by atoms with E-state index in [1.165, 1.54) is 0 Å². The van der Waals surface area contributed by atoms with Crippen molar-refractivity contribution in [3.63, 3.8) is 0 Å². The summed E-state index contributed by atoms with van der Waals surface area (Å²) in [6.45, 7) is 9.75. The van der Waals surface area contributed by atoms with Crippen LogP contribution in [0.15, 0.2) is 36.5 Å². The lowest BCUT2D eigenvalue weighted by molar-refractivity contribution is -0.116. The molecule has 16 heavy (non-hydrogen) atoms. The number of ketones is 1. The van der Waals surface area contributed by atoms with Crippen molar-refractivity contribution in [1.29, 1.82) is 0 Å². The lowest BCUT2D eigenvalue weighted by atomic mass is 9.73. The van der Waals surface area contributed by atoms with Crippen molar-refractivity contribution in [2.45, 2.75) is 19.3 Å². The van der Waals surface area contributed by atoms with Crippen molar-refractivity contribution in [3.05, 3.63) is 36.5 Å². The molecular formula is C14H19NO. The maximum absolute atomic E-state index is 11.9. The molecule has 0 aromatic carbocycles. The molecule has 2 nitrogen and oxygen atoms in total. The lowest BCUT2D eigenvalue weighted by Crippen LogP contribution is -2.38. The molecule has 0 aromatic heterocycles. The molecule has 1 heterocycles. The van der Waals surface area contributed by atoms with E-state index in [1.807, 2.05) is 6.08 Å². The van der Waals surface area contributed by atoms with Crippen molar-refractivity contribution in [1.82, 2.24) is 4.90 Å². The summed E-state index contributed by atoms with van der Waals surface area (Å²) in [4.78, 5) is 14.3. The Bertz CT molecular complexity index is 370. The molecule has 0 bridgehead atoms. The van der Waals surface area contributed by atoms with E-state index in [9.17, 15) is 4.79 Å². The van der Waals surface area contributed by atoms with Crippen molar-refractivity contribution >= 4 is 5.78 Å². The molecule has 1 aliphatic carbocycles. The van der Waals surface area contributed by atoms with Crippen LogP contribution in [0.4, 0.5) is 0 Å². The van der Waals surface area contributed by atoms with E-state index in [0.29, 0.717) is 6.42 Å². The quantitative estimate of drug-likeness (QED) is 0.707. The van der Waals surface area contributed by atoms with Gasteiger partial charge in [-0.1, -0.05) is 25.3 Å². The van der Waals surface area contributed by atoms with Gasteiger partial charge < -0.3 is 4.90 Å². The predicted octanol–water partition coefficient (Wildman–Crippen LogP) is 2.34. The maximum Gasteiger partial charge on any atom is 0.164 e. The van der Waals surface area contributed by atoms with Crippen LogP contribution in [0.5, 0.6) is 0 Å². The van der Waals surface area contributed by atoms with Crippen molar-refractivity contribution < 1.29 is 4.79 Å². The van der Waals surface area contributed by atoms with Crippen molar-refractivity contribution in [2.24, 2.45) is 5.41 Å². The first-order chi connectivity index (χ1) is 7.63. The monoisotopic (exact) mass is 217 g/mol. The average Bonchev–Trinajstić information content (AvgIpc) is 2.54. The maximum atomic E-state index is 11.9. The van der Waals surface area contributed by atoms with Crippen LogP contribution in [-0.2, 0) is 4.79 Å². The molecule has 0 unspecified atom stereocenters. The van der Waals surface area contributed by atoms with Gasteiger partial charge in [0.25, 0.3) is 0 Å². The summed E-state index contributed by atoms with van der Waals surface area (Å²) in [6.07, 6.45) is 6.35. The molecule has 1 saturated heterocycles. The first-order valence-corrected chi connectivity index (χ1v) is 5.84. The van der Waals surface area contributed by atoms with Gasteiger partial charge in [0.2, 0.25) is 0 Å². The number of Topliss-reactive ketones (excluding diaryl/α,β-unsaturated/α-hetero) is 1. The second-order valence-electron chi connectivity index (χ2n) is 4.92. The second kappa shape index (κ2) is 4.02. The Hall–Kier alpha value is -1.15. The molecule has 0 radical (unpaired) electrons. The molecular weight excluding hydrogens is 198 g/mol. The smallest absolute Gasteiger partial charge is 0.164 e. The number of hydrogen-bond donors (Lipinski definition) is 0. The van der Waals surface area contributed by atoms with Gasteiger partial charge in [0.05, 0.1) is 0 Å². The summed E-state index contributed by atoms with van der Waals surface area (Å²) in [6, 6.07) is 0. The topological polar surface area (TPSA) is 20.3 Å². The zero-order chi connectivity index (χ0) is 11.8. The number of rotatable bonds is 2. The van der Waals surface area contributed by atoms with E-state index in [1.54, 1.807) is 6.08 Å². The van der Waals surface area contributed by atoms with E-state index < -0.39 is 0 Å². The van der Waals surface area contributed by atoms with Gasteiger partial charge in [0, 0.05) is 17.4 Å². The fourth-order valence-electron chi connectivity index (χ4n) is 2.98. The Kier molecular flexibility index (Phi) is 2.85. The molecule has 1 spiro atoms.